The maximum absolute atomic E-state index is 5.79. The lowest BCUT2D eigenvalue weighted by atomic mass is 9.62. The van der Waals surface area contributed by atoms with Crippen molar-refractivity contribution in [2.45, 2.75) is 97.7 Å². The van der Waals surface area contributed by atoms with E-state index < -0.39 is 0 Å². The van der Waals surface area contributed by atoms with Gasteiger partial charge < -0.3 is 10.1 Å². The van der Waals surface area contributed by atoms with Gasteiger partial charge in [0.25, 0.3) is 0 Å². The molecular weight excluding hydrogens is 270 g/mol. The summed E-state index contributed by atoms with van der Waals surface area (Å²) >= 11 is 0. The van der Waals surface area contributed by atoms with E-state index in [-0.39, 0.29) is 0 Å². The van der Waals surface area contributed by atoms with Crippen molar-refractivity contribution in [3.63, 3.8) is 0 Å². The number of hydrogen-bond donors (Lipinski definition) is 1. The van der Waals surface area contributed by atoms with Gasteiger partial charge in [0.05, 0.1) is 12.2 Å². The molecule has 0 aromatic carbocycles. The van der Waals surface area contributed by atoms with Gasteiger partial charge in [-0.25, -0.2) is 0 Å². The molecule has 130 valence electrons. The Bertz CT molecular complexity index is 293. The molecule has 22 heavy (non-hydrogen) atoms. The fourth-order valence-electron chi connectivity index (χ4n) is 4.55. The SMILES string of the molecule is CC(C)C1CCCCC1.CC(C)OC1CC2(CCNCC2)C1. The molecule has 2 nitrogen and oxygen atoms in total. The number of rotatable bonds is 3. The van der Waals surface area contributed by atoms with Crippen molar-refractivity contribution in [2.75, 3.05) is 13.1 Å². The summed E-state index contributed by atoms with van der Waals surface area (Å²) in [7, 11) is 0. The Kier molecular flexibility index (Phi) is 7.21. The van der Waals surface area contributed by atoms with Gasteiger partial charge in [-0.3, -0.25) is 0 Å². The molecule has 0 radical (unpaired) electrons. The van der Waals surface area contributed by atoms with E-state index in [1.54, 1.807) is 0 Å². The molecule has 1 N–H and O–H groups in total. The van der Waals surface area contributed by atoms with E-state index in [1.807, 2.05) is 0 Å². The summed E-state index contributed by atoms with van der Waals surface area (Å²) in [6.45, 7) is 11.4. The van der Waals surface area contributed by atoms with Gasteiger partial charge in [-0.15, -0.1) is 0 Å². The largest absolute Gasteiger partial charge is 0.376 e. The maximum Gasteiger partial charge on any atom is 0.0589 e. The van der Waals surface area contributed by atoms with E-state index >= 15 is 0 Å². The minimum Gasteiger partial charge on any atom is -0.376 e. The van der Waals surface area contributed by atoms with Crippen LogP contribution in [0.15, 0.2) is 0 Å². The summed E-state index contributed by atoms with van der Waals surface area (Å²) in [5.41, 5.74) is 0.671. The topological polar surface area (TPSA) is 21.3 Å². The van der Waals surface area contributed by atoms with Crippen LogP contribution in [0.3, 0.4) is 0 Å². The lowest BCUT2D eigenvalue weighted by Gasteiger charge is -2.50. The summed E-state index contributed by atoms with van der Waals surface area (Å²) in [5.74, 6) is 1.99. The fourth-order valence-corrected chi connectivity index (χ4v) is 4.55. The van der Waals surface area contributed by atoms with Crippen LogP contribution in [-0.4, -0.2) is 25.3 Å². The van der Waals surface area contributed by atoms with Crippen LogP contribution in [0.1, 0.15) is 85.5 Å². The molecule has 1 spiro atoms. The normalized spacial score (nSPS) is 25.9. The van der Waals surface area contributed by atoms with Crippen LogP contribution in [0.25, 0.3) is 0 Å². The van der Waals surface area contributed by atoms with E-state index in [9.17, 15) is 0 Å². The molecule has 2 saturated carbocycles. The Balaban J connectivity index is 0.000000172. The zero-order chi connectivity index (χ0) is 16.0. The van der Waals surface area contributed by atoms with E-state index in [0.29, 0.717) is 17.6 Å². The smallest absolute Gasteiger partial charge is 0.0589 e. The first-order valence-corrected chi connectivity index (χ1v) is 9.87. The molecule has 2 aliphatic carbocycles. The first-order valence-electron chi connectivity index (χ1n) is 9.87. The number of ether oxygens (including phenoxy) is 1. The highest BCUT2D eigenvalue weighted by Crippen LogP contribution is 2.49. The zero-order valence-corrected chi connectivity index (χ0v) is 15.5. The molecule has 2 heteroatoms. The molecule has 1 heterocycles. The maximum atomic E-state index is 5.79. The van der Waals surface area contributed by atoms with Gasteiger partial charge in [-0.05, 0) is 69.9 Å². The van der Waals surface area contributed by atoms with Crippen molar-refractivity contribution in [3.8, 4) is 0 Å². The van der Waals surface area contributed by atoms with Crippen LogP contribution < -0.4 is 5.32 Å². The highest BCUT2D eigenvalue weighted by Gasteiger charge is 2.45. The van der Waals surface area contributed by atoms with Crippen LogP contribution in [0.2, 0.25) is 0 Å². The first kappa shape index (κ1) is 18.3. The molecule has 1 aliphatic heterocycles. The molecule has 3 aliphatic rings. The summed E-state index contributed by atoms with van der Waals surface area (Å²) in [6, 6.07) is 0. The van der Waals surface area contributed by atoms with Crippen molar-refractivity contribution in [1.29, 1.82) is 0 Å². The third-order valence-electron chi connectivity index (χ3n) is 6.04. The summed E-state index contributed by atoms with van der Waals surface area (Å²) in [4.78, 5) is 0. The Morgan fingerprint density at radius 3 is 1.95 bits per heavy atom. The third-order valence-corrected chi connectivity index (χ3v) is 6.04. The standard InChI is InChI=1S/C11H21NO.C9H18/c1-9(2)13-10-7-11(8-10)3-5-12-6-4-11;1-8(2)9-6-4-3-5-7-9/h9-10,12H,3-8H2,1-2H3;8-9H,3-7H2,1-2H3. The second-order valence-corrected chi connectivity index (χ2v) is 8.61. The Morgan fingerprint density at radius 2 is 1.50 bits per heavy atom. The summed E-state index contributed by atoms with van der Waals surface area (Å²) in [6.07, 6.45) is 13.8. The second kappa shape index (κ2) is 8.68. The van der Waals surface area contributed by atoms with Gasteiger partial charge in [-0.1, -0.05) is 46.0 Å². The molecule has 0 amide bonds. The number of piperidine rings is 1. The van der Waals surface area contributed by atoms with Crippen molar-refractivity contribution in [2.24, 2.45) is 17.3 Å². The second-order valence-electron chi connectivity index (χ2n) is 8.61. The van der Waals surface area contributed by atoms with Gasteiger partial charge in [-0.2, -0.15) is 0 Å². The molecule has 0 aromatic heterocycles. The van der Waals surface area contributed by atoms with Crippen molar-refractivity contribution in [1.82, 2.24) is 5.32 Å². The molecule has 1 saturated heterocycles. The predicted octanol–water partition coefficient (Wildman–Crippen LogP) is 5.17. The van der Waals surface area contributed by atoms with E-state index in [1.165, 1.54) is 70.9 Å². The molecular formula is C20H39NO. The molecule has 0 bridgehead atoms. The lowest BCUT2D eigenvalue weighted by molar-refractivity contribution is -0.114. The van der Waals surface area contributed by atoms with Gasteiger partial charge in [0.1, 0.15) is 0 Å². The lowest BCUT2D eigenvalue weighted by Crippen LogP contribution is -2.49. The average molecular weight is 310 g/mol. The number of nitrogens with one attached hydrogen (secondary N) is 1. The predicted molar refractivity (Wildman–Crippen MR) is 95.2 cm³/mol. The molecule has 0 unspecified atom stereocenters. The van der Waals surface area contributed by atoms with Crippen molar-refractivity contribution >= 4 is 0 Å². The monoisotopic (exact) mass is 309 g/mol. The summed E-state index contributed by atoms with van der Waals surface area (Å²) < 4.78 is 5.79. The zero-order valence-electron chi connectivity index (χ0n) is 15.5. The minimum absolute atomic E-state index is 0.407. The fraction of sp³-hybridized carbons (Fsp3) is 1.00. The molecule has 3 rings (SSSR count). The van der Waals surface area contributed by atoms with Crippen molar-refractivity contribution in [3.05, 3.63) is 0 Å². The van der Waals surface area contributed by atoms with Gasteiger partial charge >= 0.3 is 0 Å². The van der Waals surface area contributed by atoms with E-state index in [2.05, 4.69) is 33.0 Å². The van der Waals surface area contributed by atoms with Gasteiger partial charge in [0, 0.05) is 0 Å². The van der Waals surface area contributed by atoms with Gasteiger partial charge in [0.15, 0.2) is 0 Å². The molecule has 0 aromatic rings. The summed E-state index contributed by atoms with van der Waals surface area (Å²) in [5, 5.41) is 3.42. The van der Waals surface area contributed by atoms with Crippen LogP contribution in [0.5, 0.6) is 0 Å². The highest BCUT2D eigenvalue weighted by molar-refractivity contribution is 4.97. The van der Waals surface area contributed by atoms with E-state index in [4.69, 9.17) is 4.74 Å². The number of hydrogen-bond acceptors (Lipinski definition) is 2. The van der Waals surface area contributed by atoms with Crippen molar-refractivity contribution < 1.29 is 4.74 Å². The van der Waals surface area contributed by atoms with Gasteiger partial charge in [0.2, 0.25) is 0 Å². The molecule has 3 fully saturated rings. The molecule has 0 atom stereocenters. The Labute approximate surface area is 138 Å². The highest BCUT2D eigenvalue weighted by atomic mass is 16.5. The average Bonchev–Trinajstić information content (AvgIpc) is 2.48. The van der Waals surface area contributed by atoms with Crippen LogP contribution in [0, 0.1) is 17.3 Å². The first-order chi connectivity index (χ1) is 10.5. The van der Waals surface area contributed by atoms with E-state index in [0.717, 1.165) is 11.8 Å². The van der Waals surface area contributed by atoms with Crippen LogP contribution in [0.4, 0.5) is 0 Å². The quantitative estimate of drug-likeness (QED) is 0.777. The minimum atomic E-state index is 0.407. The van der Waals surface area contributed by atoms with Crippen LogP contribution >= 0.6 is 0 Å². The van der Waals surface area contributed by atoms with Crippen LogP contribution in [-0.2, 0) is 4.74 Å². The Morgan fingerprint density at radius 1 is 0.909 bits per heavy atom. The third kappa shape index (κ3) is 5.53. The Hall–Kier alpha value is -0.0800.